The Labute approximate surface area is 164 Å². The molecule has 0 aromatic carbocycles. The van der Waals surface area contributed by atoms with Crippen LogP contribution in [0.5, 0.6) is 0 Å². The lowest BCUT2D eigenvalue weighted by Gasteiger charge is -2.16. The van der Waals surface area contributed by atoms with E-state index in [0.717, 1.165) is 49.3 Å². The van der Waals surface area contributed by atoms with Crippen molar-refractivity contribution in [3.8, 4) is 0 Å². The number of carbonyl (C=O) groups is 1. The van der Waals surface area contributed by atoms with Crippen LogP contribution in [-0.4, -0.2) is 36.5 Å². The molecular weight excluding hydrogens is 356 g/mol. The van der Waals surface area contributed by atoms with E-state index in [2.05, 4.69) is 34.5 Å². The molecule has 0 radical (unpaired) electrons. The largest absolute Gasteiger partial charge is 0.349 e. The summed E-state index contributed by atoms with van der Waals surface area (Å²) in [5.74, 6) is 1.75. The number of rotatable bonds is 6. The molecule has 4 rings (SSSR count). The lowest BCUT2D eigenvalue weighted by atomic mass is 10.1. The number of carbonyl (C=O) groups excluding carboxylic acids is 1. The summed E-state index contributed by atoms with van der Waals surface area (Å²) < 4.78 is 3.39. The Bertz CT molecular complexity index is 918. The molecule has 0 saturated heterocycles. The molecule has 8 nitrogen and oxygen atoms in total. The molecule has 2 aromatic heterocycles. The zero-order valence-electron chi connectivity index (χ0n) is 17.0. The molecule has 1 fully saturated rings. The molecule has 1 aliphatic carbocycles. The van der Waals surface area contributed by atoms with Crippen LogP contribution in [0.25, 0.3) is 0 Å². The fourth-order valence-corrected chi connectivity index (χ4v) is 3.94. The minimum atomic E-state index is -0.0490. The minimum Gasteiger partial charge on any atom is -0.349 e. The second-order valence-corrected chi connectivity index (χ2v) is 8.64. The number of hydrogen-bond acceptors (Lipinski definition) is 4. The Kier molecular flexibility index (Phi) is 5.12. The van der Waals surface area contributed by atoms with Crippen LogP contribution in [0.1, 0.15) is 79.4 Å². The number of aromatic nitrogens is 5. The molecule has 1 amide bonds. The highest BCUT2D eigenvalue weighted by Gasteiger charge is 2.33. The van der Waals surface area contributed by atoms with Gasteiger partial charge < -0.3 is 5.32 Å². The SMILES string of the molecule is Cc1[nH]nc(C2CC2)c1C(=O)NC1CCc2nn(CCC(C)C)c(=O)n2CC1. The zero-order chi connectivity index (χ0) is 19.8. The number of fused-ring (bicyclic) bond motifs is 1. The molecule has 2 aliphatic rings. The monoisotopic (exact) mass is 386 g/mol. The molecule has 1 saturated carbocycles. The molecule has 0 spiro atoms. The van der Waals surface area contributed by atoms with E-state index in [1.54, 1.807) is 9.25 Å². The van der Waals surface area contributed by atoms with E-state index in [4.69, 9.17) is 0 Å². The molecular formula is C20H30N6O2. The number of aromatic amines is 1. The second-order valence-electron chi connectivity index (χ2n) is 8.64. The third-order valence-corrected chi connectivity index (χ3v) is 5.84. The van der Waals surface area contributed by atoms with E-state index in [-0.39, 0.29) is 17.6 Å². The van der Waals surface area contributed by atoms with Crippen molar-refractivity contribution in [3.05, 3.63) is 33.3 Å². The maximum atomic E-state index is 12.9. The van der Waals surface area contributed by atoms with Gasteiger partial charge in [0.05, 0.1) is 11.3 Å². The van der Waals surface area contributed by atoms with Crippen molar-refractivity contribution in [2.24, 2.45) is 5.92 Å². The van der Waals surface area contributed by atoms with E-state index >= 15 is 0 Å². The van der Waals surface area contributed by atoms with Gasteiger partial charge in [0.2, 0.25) is 0 Å². The Morgan fingerprint density at radius 1 is 1.29 bits per heavy atom. The van der Waals surface area contributed by atoms with Crippen LogP contribution in [0, 0.1) is 12.8 Å². The van der Waals surface area contributed by atoms with E-state index in [0.29, 0.717) is 36.9 Å². The summed E-state index contributed by atoms with van der Waals surface area (Å²) in [7, 11) is 0. The summed E-state index contributed by atoms with van der Waals surface area (Å²) in [5.41, 5.74) is 2.42. The lowest BCUT2D eigenvalue weighted by Crippen LogP contribution is -2.36. The van der Waals surface area contributed by atoms with Gasteiger partial charge in [-0.15, -0.1) is 0 Å². The Balaban J connectivity index is 1.41. The summed E-state index contributed by atoms with van der Waals surface area (Å²) in [6, 6.07) is 0.0408. The fraction of sp³-hybridized carbons (Fsp3) is 0.700. The van der Waals surface area contributed by atoms with Crippen molar-refractivity contribution in [2.75, 3.05) is 0 Å². The third kappa shape index (κ3) is 3.77. The maximum absolute atomic E-state index is 12.9. The molecule has 8 heteroatoms. The first-order valence-corrected chi connectivity index (χ1v) is 10.5. The van der Waals surface area contributed by atoms with Crippen molar-refractivity contribution in [2.45, 2.75) is 84.3 Å². The standard InChI is InChI=1S/C20H30N6O2/c1-12(2)8-11-26-20(28)25-10-9-15(6-7-16(25)24-26)21-19(27)17-13(3)22-23-18(17)14-4-5-14/h12,14-15H,4-11H2,1-3H3,(H,21,27)(H,22,23). The summed E-state index contributed by atoms with van der Waals surface area (Å²) in [6.45, 7) is 7.46. The topological polar surface area (TPSA) is 97.6 Å². The number of nitrogens with one attached hydrogen (secondary N) is 2. The van der Waals surface area contributed by atoms with E-state index in [1.807, 2.05) is 6.92 Å². The maximum Gasteiger partial charge on any atom is 0.345 e. The molecule has 152 valence electrons. The molecule has 28 heavy (non-hydrogen) atoms. The lowest BCUT2D eigenvalue weighted by molar-refractivity contribution is 0.0931. The highest BCUT2D eigenvalue weighted by Crippen LogP contribution is 2.41. The highest BCUT2D eigenvalue weighted by atomic mass is 16.2. The van der Waals surface area contributed by atoms with Crippen molar-refractivity contribution in [1.82, 2.24) is 29.9 Å². The molecule has 3 heterocycles. The summed E-state index contributed by atoms with van der Waals surface area (Å²) in [4.78, 5) is 25.5. The van der Waals surface area contributed by atoms with Crippen molar-refractivity contribution < 1.29 is 4.79 Å². The predicted octanol–water partition coefficient (Wildman–Crippen LogP) is 2.13. The van der Waals surface area contributed by atoms with Gasteiger partial charge in [-0.3, -0.25) is 14.5 Å². The van der Waals surface area contributed by atoms with Gasteiger partial charge in [-0.1, -0.05) is 13.8 Å². The van der Waals surface area contributed by atoms with Gasteiger partial charge >= 0.3 is 5.69 Å². The van der Waals surface area contributed by atoms with E-state index < -0.39 is 0 Å². The van der Waals surface area contributed by atoms with E-state index in [9.17, 15) is 9.59 Å². The molecule has 1 unspecified atom stereocenters. The summed E-state index contributed by atoms with van der Waals surface area (Å²) in [6.07, 6.45) is 5.40. The second kappa shape index (κ2) is 7.56. The number of aryl methyl sites for hydroxylation is 3. The highest BCUT2D eigenvalue weighted by molar-refractivity contribution is 5.96. The fourth-order valence-electron chi connectivity index (χ4n) is 3.94. The first-order valence-electron chi connectivity index (χ1n) is 10.5. The molecule has 1 atom stereocenters. The predicted molar refractivity (Wildman–Crippen MR) is 105 cm³/mol. The average Bonchev–Trinajstić information content (AvgIpc) is 3.39. The number of hydrogen-bond donors (Lipinski definition) is 2. The third-order valence-electron chi connectivity index (χ3n) is 5.84. The number of amides is 1. The Morgan fingerprint density at radius 3 is 2.79 bits per heavy atom. The number of nitrogens with zero attached hydrogens (tertiary/aromatic N) is 4. The molecule has 0 bridgehead atoms. The average molecular weight is 387 g/mol. The van der Waals surface area contributed by atoms with Gasteiger partial charge in [-0.2, -0.15) is 10.2 Å². The van der Waals surface area contributed by atoms with Crippen LogP contribution in [0.15, 0.2) is 4.79 Å². The van der Waals surface area contributed by atoms with Crippen LogP contribution in [0.2, 0.25) is 0 Å². The van der Waals surface area contributed by atoms with E-state index in [1.165, 1.54) is 0 Å². The normalized spacial score (nSPS) is 19.5. The van der Waals surface area contributed by atoms with Crippen molar-refractivity contribution in [3.63, 3.8) is 0 Å². The van der Waals surface area contributed by atoms with Crippen LogP contribution in [0.3, 0.4) is 0 Å². The Hall–Kier alpha value is -2.38. The quantitative estimate of drug-likeness (QED) is 0.795. The van der Waals surface area contributed by atoms with Gasteiger partial charge in [0.1, 0.15) is 5.82 Å². The van der Waals surface area contributed by atoms with Crippen LogP contribution in [0.4, 0.5) is 0 Å². The van der Waals surface area contributed by atoms with Gasteiger partial charge in [0.25, 0.3) is 5.91 Å². The van der Waals surface area contributed by atoms with Crippen molar-refractivity contribution >= 4 is 5.91 Å². The number of H-pyrrole nitrogens is 1. The van der Waals surface area contributed by atoms with Crippen molar-refractivity contribution in [1.29, 1.82) is 0 Å². The minimum absolute atomic E-state index is 0.0238. The van der Waals surface area contributed by atoms with Gasteiger partial charge in [0.15, 0.2) is 0 Å². The summed E-state index contributed by atoms with van der Waals surface area (Å²) in [5, 5.41) is 15.0. The molecule has 1 aliphatic heterocycles. The zero-order valence-corrected chi connectivity index (χ0v) is 17.0. The van der Waals surface area contributed by atoms with Crippen LogP contribution in [-0.2, 0) is 19.5 Å². The molecule has 2 N–H and O–H groups in total. The van der Waals surface area contributed by atoms with Gasteiger partial charge in [-0.25, -0.2) is 9.48 Å². The van der Waals surface area contributed by atoms with Crippen LogP contribution >= 0.6 is 0 Å². The van der Waals surface area contributed by atoms with Gasteiger partial charge in [0, 0.05) is 37.2 Å². The van der Waals surface area contributed by atoms with Gasteiger partial charge in [-0.05, 0) is 44.9 Å². The molecule has 2 aromatic rings. The Morgan fingerprint density at radius 2 is 2.07 bits per heavy atom. The van der Waals surface area contributed by atoms with Crippen LogP contribution < -0.4 is 11.0 Å². The first kappa shape index (κ1) is 19.0. The summed E-state index contributed by atoms with van der Waals surface area (Å²) >= 11 is 0. The first-order chi connectivity index (χ1) is 13.4. The smallest absolute Gasteiger partial charge is 0.345 e.